The van der Waals surface area contributed by atoms with Crippen LogP contribution in [0.5, 0.6) is 0 Å². The number of allylic oxidation sites excluding steroid dienone is 6. The third-order valence-corrected chi connectivity index (χ3v) is 9.56. The molecule has 7 aromatic carbocycles. The van der Waals surface area contributed by atoms with E-state index >= 15 is 0 Å². The van der Waals surface area contributed by atoms with E-state index in [9.17, 15) is 0 Å². The van der Waals surface area contributed by atoms with Crippen molar-refractivity contribution in [2.45, 2.75) is 12.8 Å². The molecule has 0 bridgehead atoms. The van der Waals surface area contributed by atoms with Gasteiger partial charge in [0, 0.05) is 34.1 Å². The molecule has 0 atom stereocenters. The van der Waals surface area contributed by atoms with Crippen LogP contribution in [0.4, 0.5) is 22.7 Å². The molecule has 7 aromatic rings. The molecule has 0 fully saturated rings. The van der Waals surface area contributed by atoms with E-state index in [2.05, 4.69) is 181 Å². The molecule has 0 saturated heterocycles. The molecule has 240 valence electrons. The first-order valence-corrected chi connectivity index (χ1v) is 17.2. The number of benzene rings is 7. The van der Waals surface area contributed by atoms with E-state index < -0.39 is 0 Å². The molecule has 0 saturated carbocycles. The molecule has 0 N–H and O–H groups in total. The summed E-state index contributed by atoms with van der Waals surface area (Å²) in [7, 11) is 0. The molecule has 2 nitrogen and oxygen atoms in total. The highest BCUT2D eigenvalue weighted by Crippen LogP contribution is 2.41. The number of hydrogen-bond acceptors (Lipinski definition) is 2. The van der Waals surface area contributed by atoms with Crippen molar-refractivity contribution in [3.63, 3.8) is 0 Å². The lowest BCUT2D eigenvalue weighted by Crippen LogP contribution is -2.16. The summed E-state index contributed by atoms with van der Waals surface area (Å²) in [6.07, 6.45) is 14.7. The second-order valence-corrected chi connectivity index (χ2v) is 12.6. The van der Waals surface area contributed by atoms with Gasteiger partial charge in [-0.05, 0) is 129 Å². The highest BCUT2D eigenvalue weighted by Gasteiger charge is 2.17. The molecule has 2 heteroatoms. The van der Waals surface area contributed by atoms with E-state index in [1.54, 1.807) is 0 Å². The monoisotopic (exact) mass is 642 g/mol. The summed E-state index contributed by atoms with van der Waals surface area (Å²) in [5, 5.41) is 7.43. The smallest absolute Gasteiger partial charge is 0.0468 e. The standard InChI is InChI=1S/C48H38N2/c1-3-16-37(4-2)49(38-17-8-5-9-18-38)42-30-32-46-45-31-27-36(33-47(45)43-23-14-15-24-44(43)48(46)34-42)35-25-28-41(29-26-35)50(39-19-10-6-11-20-39)40-21-12-7-13-22-40/h3-6,8-12,14-34H,1-2,7,13H2/b37-16+. The summed E-state index contributed by atoms with van der Waals surface area (Å²) in [4.78, 5) is 4.58. The topological polar surface area (TPSA) is 6.48 Å². The molecule has 8 rings (SSSR count). The molecule has 0 amide bonds. The number of fused-ring (bicyclic) bond motifs is 6. The van der Waals surface area contributed by atoms with E-state index in [4.69, 9.17) is 0 Å². The first-order chi connectivity index (χ1) is 24.7. The largest absolute Gasteiger partial charge is 0.311 e. The van der Waals surface area contributed by atoms with Crippen molar-refractivity contribution in [3.8, 4) is 11.1 Å². The van der Waals surface area contributed by atoms with Gasteiger partial charge < -0.3 is 9.80 Å². The van der Waals surface area contributed by atoms with Crippen molar-refractivity contribution in [2.75, 3.05) is 9.80 Å². The van der Waals surface area contributed by atoms with Crippen LogP contribution < -0.4 is 9.80 Å². The summed E-state index contributed by atoms with van der Waals surface area (Å²) in [5.41, 5.74) is 9.03. The van der Waals surface area contributed by atoms with Crippen molar-refractivity contribution in [1.82, 2.24) is 0 Å². The van der Waals surface area contributed by atoms with Crippen LogP contribution in [0.1, 0.15) is 12.8 Å². The maximum absolute atomic E-state index is 4.12. The van der Waals surface area contributed by atoms with Gasteiger partial charge in [0.25, 0.3) is 0 Å². The van der Waals surface area contributed by atoms with E-state index in [0.717, 1.165) is 41.3 Å². The van der Waals surface area contributed by atoms with Gasteiger partial charge in [-0.15, -0.1) is 0 Å². The van der Waals surface area contributed by atoms with E-state index in [1.807, 2.05) is 24.3 Å². The molecular formula is C48H38N2. The molecule has 0 unspecified atom stereocenters. The van der Waals surface area contributed by atoms with E-state index in [0.29, 0.717) is 0 Å². The fourth-order valence-corrected chi connectivity index (χ4v) is 7.23. The molecule has 50 heavy (non-hydrogen) atoms. The minimum atomic E-state index is 0.963. The van der Waals surface area contributed by atoms with Gasteiger partial charge in [-0.25, -0.2) is 0 Å². The van der Waals surface area contributed by atoms with Gasteiger partial charge in [-0.2, -0.15) is 0 Å². The van der Waals surface area contributed by atoms with Crippen LogP contribution in [0.15, 0.2) is 207 Å². The Morgan fingerprint density at radius 1 is 0.500 bits per heavy atom. The van der Waals surface area contributed by atoms with Crippen molar-refractivity contribution >= 4 is 55.1 Å². The fraction of sp³-hybridized carbons (Fsp3) is 0.0417. The second-order valence-electron chi connectivity index (χ2n) is 12.6. The molecular weight excluding hydrogens is 605 g/mol. The normalized spacial score (nSPS) is 13.0. The number of anilines is 4. The second kappa shape index (κ2) is 13.6. The Bertz CT molecular complexity index is 2430. The summed E-state index contributed by atoms with van der Waals surface area (Å²) < 4.78 is 0. The quantitative estimate of drug-likeness (QED) is 0.114. The minimum Gasteiger partial charge on any atom is -0.311 e. The van der Waals surface area contributed by atoms with Crippen molar-refractivity contribution in [1.29, 1.82) is 0 Å². The predicted octanol–water partition coefficient (Wildman–Crippen LogP) is 13.6. The van der Waals surface area contributed by atoms with Crippen LogP contribution in [0.2, 0.25) is 0 Å². The highest BCUT2D eigenvalue weighted by atomic mass is 15.2. The number of nitrogens with zero attached hydrogens (tertiary/aromatic N) is 2. The zero-order chi connectivity index (χ0) is 33.9. The van der Waals surface area contributed by atoms with E-state index in [-0.39, 0.29) is 0 Å². The third-order valence-electron chi connectivity index (χ3n) is 9.56. The van der Waals surface area contributed by atoms with Gasteiger partial charge in [-0.1, -0.05) is 122 Å². The van der Waals surface area contributed by atoms with Crippen LogP contribution in [-0.2, 0) is 0 Å². The lowest BCUT2D eigenvalue weighted by Gasteiger charge is -2.27. The Balaban J connectivity index is 1.23. The van der Waals surface area contributed by atoms with Crippen LogP contribution >= 0.6 is 0 Å². The van der Waals surface area contributed by atoms with E-state index in [1.165, 1.54) is 49.1 Å². The van der Waals surface area contributed by atoms with Crippen molar-refractivity contribution in [2.24, 2.45) is 0 Å². The number of rotatable bonds is 9. The molecule has 1 aliphatic rings. The van der Waals surface area contributed by atoms with Crippen molar-refractivity contribution < 1.29 is 0 Å². The molecule has 0 heterocycles. The Kier molecular flexibility index (Phi) is 8.42. The Hall–Kier alpha value is -6.38. The zero-order valence-corrected chi connectivity index (χ0v) is 28.0. The molecule has 1 aliphatic carbocycles. The number of hydrogen-bond donors (Lipinski definition) is 0. The molecule has 0 radical (unpaired) electrons. The number of para-hydroxylation sites is 2. The summed E-state index contributed by atoms with van der Waals surface area (Å²) in [5.74, 6) is 0. The average molecular weight is 643 g/mol. The summed E-state index contributed by atoms with van der Waals surface area (Å²) in [6, 6.07) is 52.5. The van der Waals surface area contributed by atoms with Crippen molar-refractivity contribution in [3.05, 3.63) is 207 Å². The predicted molar refractivity (Wildman–Crippen MR) is 216 cm³/mol. The Morgan fingerprint density at radius 3 is 1.70 bits per heavy atom. The lowest BCUT2D eigenvalue weighted by atomic mass is 9.91. The van der Waals surface area contributed by atoms with Crippen LogP contribution in [0, 0.1) is 0 Å². The van der Waals surface area contributed by atoms with Gasteiger partial charge in [0.05, 0.1) is 0 Å². The lowest BCUT2D eigenvalue weighted by molar-refractivity contribution is 0.997. The molecule has 0 aromatic heterocycles. The SMILES string of the molecule is C=C/C=C(\C=C)N(c1ccccc1)c1ccc2c3ccc(-c4ccc(N(C5=CCCC=C5)c5ccccc5)cc4)cc3c3ccccc3c2c1. The molecule has 0 aliphatic heterocycles. The Labute approximate surface area is 294 Å². The maximum Gasteiger partial charge on any atom is 0.0468 e. The van der Waals surface area contributed by atoms with Crippen LogP contribution in [0.3, 0.4) is 0 Å². The summed E-state index contributed by atoms with van der Waals surface area (Å²) >= 11 is 0. The van der Waals surface area contributed by atoms with Crippen LogP contribution in [0.25, 0.3) is 43.4 Å². The average Bonchev–Trinajstić information content (AvgIpc) is 3.19. The van der Waals surface area contributed by atoms with Gasteiger partial charge in [0.1, 0.15) is 0 Å². The van der Waals surface area contributed by atoms with Gasteiger partial charge in [-0.3, -0.25) is 0 Å². The molecule has 0 spiro atoms. The highest BCUT2D eigenvalue weighted by molar-refractivity contribution is 6.26. The maximum atomic E-state index is 4.12. The summed E-state index contributed by atoms with van der Waals surface area (Å²) in [6.45, 7) is 8.08. The fourth-order valence-electron chi connectivity index (χ4n) is 7.23. The van der Waals surface area contributed by atoms with Gasteiger partial charge in [0.15, 0.2) is 0 Å². The first-order valence-electron chi connectivity index (χ1n) is 17.2. The van der Waals surface area contributed by atoms with Crippen LogP contribution in [-0.4, -0.2) is 0 Å². The zero-order valence-electron chi connectivity index (χ0n) is 28.0. The minimum absolute atomic E-state index is 0.963. The Morgan fingerprint density at radius 2 is 1.06 bits per heavy atom. The van der Waals surface area contributed by atoms with Gasteiger partial charge in [0.2, 0.25) is 0 Å². The van der Waals surface area contributed by atoms with Gasteiger partial charge >= 0.3 is 0 Å². The third kappa shape index (κ3) is 5.71. The first kappa shape index (κ1) is 30.9.